The van der Waals surface area contributed by atoms with E-state index in [0.717, 1.165) is 19.3 Å². The number of carbonyl (C=O) groups excluding carboxylic acids is 2. The molecule has 0 aromatic heterocycles. The van der Waals surface area contributed by atoms with Gasteiger partial charge >= 0.3 is 0 Å². The summed E-state index contributed by atoms with van der Waals surface area (Å²) in [5.74, 6) is -0.914. The van der Waals surface area contributed by atoms with Gasteiger partial charge in [-0.2, -0.15) is 0 Å². The monoisotopic (exact) mass is 379 g/mol. The fraction of sp³-hybridized carbons (Fsp3) is 0.600. The van der Waals surface area contributed by atoms with Gasteiger partial charge in [0, 0.05) is 25.3 Å². The molecule has 0 saturated carbocycles. The van der Waals surface area contributed by atoms with E-state index in [-0.39, 0.29) is 23.8 Å². The predicted molar refractivity (Wildman–Crippen MR) is 102 cm³/mol. The second-order valence-corrected chi connectivity index (χ2v) is 7.24. The van der Waals surface area contributed by atoms with E-state index in [1.54, 1.807) is 4.90 Å². The first-order valence-electron chi connectivity index (χ1n) is 9.59. The number of piperidine rings is 1. The molecule has 1 aromatic carbocycles. The van der Waals surface area contributed by atoms with Crippen LogP contribution in [0.1, 0.15) is 43.5 Å². The van der Waals surface area contributed by atoms with Crippen LogP contribution < -0.4 is 11.1 Å². The maximum absolute atomic E-state index is 13.0. The van der Waals surface area contributed by atoms with E-state index in [0.29, 0.717) is 31.8 Å². The molecular formula is C20H30FN3O3. The van der Waals surface area contributed by atoms with Crippen LogP contribution >= 0.6 is 0 Å². The first-order valence-corrected chi connectivity index (χ1v) is 9.59. The summed E-state index contributed by atoms with van der Waals surface area (Å²) in [5, 5.41) is 2.80. The van der Waals surface area contributed by atoms with Gasteiger partial charge in [-0.05, 0) is 56.0 Å². The Morgan fingerprint density at radius 3 is 2.44 bits per heavy atom. The Bertz CT molecular complexity index is 613. The number of benzene rings is 1. The van der Waals surface area contributed by atoms with Crippen molar-refractivity contribution in [3.8, 4) is 0 Å². The molecule has 1 fully saturated rings. The molecular weight excluding hydrogens is 349 g/mol. The standard InChI is InChI=1S/C20H30FN3O3/c1-14(2)18(23-19(25)15-4-6-16(21)7-5-15)20(26)24-11-8-17(9-12-24)27-13-3-10-22/h4-7,14,17-18H,3,8-13,22H2,1-2H3,(H,23,25). The number of amides is 2. The van der Waals surface area contributed by atoms with E-state index in [1.807, 2.05) is 13.8 Å². The fourth-order valence-electron chi connectivity index (χ4n) is 3.11. The van der Waals surface area contributed by atoms with Gasteiger partial charge in [0.25, 0.3) is 5.91 Å². The Kier molecular flexibility index (Phi) is 8.19. The summed E-state index contributed by atoms with van der Waals surface area (Å²) in [6, 6.07) is 4.68. The highest BCUT2D eigenvalue weighted by molar-refractivity contribution is 5.97. The molecule has 3 N–H and O–H groups in total. The number of rotatable bonds is 8. The van der Waals surface area contributed by atoms with Gasteiger partial charge in [-0.25, -0.2) is 4.39 Å². The lowest BCUT2D eigenvalue weighted by Crippen LogP contribution is -2.53. The van der Waals surface area contributed by atoms with Crippen LogP contribution in [0.15, 0.2) is 24.3 Å². The topological polar surface area (TPSA) is 84.7 Å². The zero-order valence-corrected chi connectivity index (χ0v) is 16.1. The number of likely N-dealkylation sites (tertiary alicyclic amines) is 1. The normalized spacial score (nSPS) is 16.4. The zero-order chi connectivity index (χ0) is 19.8. The number of nitrogens with zero attached hydrogens (tertiary/aromatic N) is 1. The molecule has 0 radical (unpaired) electrons. The third-order valence-corrected chi connectivity index (χ3v) is 4.78. The lowest BCUT2D eigenvalue weighted by molar-refractivity contribution is -0.137. The number of ether oxygens (including phenoxy) is 1. The average molecular weight is 379 g/mol. The number of hydrogen-bond donors (Lipinski definition) is 2. The Morgan fingerprint density at radius 1 is 1.26 bits per heavy atom. The van der Waals surface area contributed by atoms with Crippen LogP contribution in [0.5, 0.6) is 0 Å². The number of carbonyl (C=O) groups is 2. The minimum atomic E-state index is -0.614. The molecule has 150 valence electrons. The largest absolute Gasteiger partial charge is 0.378 e. The second kappa shape index (κ2) is 10.4. The Hall–Kier alpha value is -1.99. The summed E-state index contributed by atoms with van der Waals surface area (Å²) in [7, 11) is 0. The van der Waals surface area contributed by atoms with Crippen molar-refractivity contribution in [3.05, 3.63) is 35.6 Å². The van der Waals surface area contributed by atoms with E-state index in [9.17, 15) is 14.0 Å². The highest BCUT2D eigenvalue weighted by atomic mass is 19.1. The van der Waals surface area contributed by atoms with Gasteiger partial charge in [0.05, 0.1) is 6.10 Å². The van der Waals surface area contributed by atoms with Gasteiger partial charge in [0.1, 0.15) is 11.9 Å². The molecule has 1 atom stereocenters. The van der Waals surface area contributed by atoms with Gasteiger partial charge in [-0.15, -0.1) is 0 Å². The molecule has 0 bridgehead atoms. The van der Waals surface area contributed by atoms with Crippen LogP contribution in [0.2, 0.25) is 0 Å². The first-order chi connectivity index (χ1) is 12.9. The summed E-state index contributed by atoms with van der Waals surface area (Å²) in [6.07, 6.45) is 2.57. The van der Waals surface area contributed by atoms with Crippen molar-refractivity contribution in [2.24, 2.45) is 11.7 Å². The summed E-state index contributed by atoms with van der Waals surface area (Å²) < 4.78 is 18.8. The molecule has 7 heteroatoms. The Balaban J connectivity index is 1.91. The van der Waals surface area contributed by atoms with Crippen molar-refractivity contribution >= 4 is 11.8 Å². The number of nitrogens with one attached hydrogen (secondary N) is 1. The maximum atomic E-state index is 13.0. The van der Waals surface area contributed by atoms with Crippen molar-refractivity contribution in [2.45, 2.75) is 45.3 Å². The van der Waals surface area contributed by atoms with Crippen molar-refractivity contribution < 1.29 is 18.7 Å². The van der Waals surface area contributed by atoms with E-state index >= 15 is 0 Å². The van der Waals surface area contributed by atoms with Gasteiger partial charge in [-0.1, -0.05) is 13.8 Å². The number of hydrogen-bond acceptors (Lipinski definition) is 4. The molecule has 27 heavy (non-hydrogen) atoms. The molecule has 0 aliphatic carbocycles. The summed E-state index contributed by atoms with van der Waals surface area (Å²) >= 11 is 0. The molecule has 6 nitrogen and oxygen atoms in total. The van der Waals surface area contributed by atoms with Gasteiger partial charge in [0.15, 0.2) is 0 Å². The van der Waals surface area contributed by atoms with E-state index in [4.69, 9.17) is 10.5 Å². The molecule has 1 aliphatic heterocycles. The van der Waals surface area contributed by atoms with Crippen molar-refractivity contribution in [3.63, 3.8) is 0 Å². The first kappa shape index (κ1) is 21.3. The molecule has 1 unspecified atom stereocenters. The predicted octanol–water partition coefficient (Wildman–Crippen LogP) is 1.94. The average Bonchev–Trinajstić information content (AvgIpc) is 2.66. The maximum Gasteiger partial charge on any atom is 0.251 e. The van der Waals surface area contributed by atoms with E-state index in [1.165, 1.54) is 24.3 Å². The SMILES string of the molecule is CC(C)C(NC(=O)c1ccc(F)cc1)C(=O)N1CCC(OCCCN)CC1. The van der Waals surface area contributed by atoms with Crippen molar-refractivity contribution in [1.29, 1.82) is 0 Å². The van der Waals surface area contributed by atoms with Crippen LogP contribution in [0.4, 0.5) is 4.39 Å². The summed E-state index contributed by atoms with van der Waals surface area (Å²) in [5.41, 5.74) is 5.81. The Labute approximate surface area is 160 Å². The molecule has 1 saturated heterocycles. The highest BCUT2D eigenvalue weighted by Crippen LogP contribution is 2.17. The minimum Gasteiger partial charge on any atom is -0.378 e. The highest BCUT2D eigenvalue weighted by Gasteiger charge is 2.31. The zero-order valence-electron chi connectivity index (χ0n) is 16.1. The van der Waals surface area contributed by atoms with Crippen LogP contribution in [0.25, 0.3) is 0 Å². The van der Waals surface area contributed by atoms with Crippen LogP contribution in [-0.4, -0.2) is 55.1 Å². The lowest BCUT2D eigenvalue weighted by Gasteiger charge is -2.35. The smallest absolute Gasteiger partial charge is 0.251 e. The molecule has 2 rings (SSSR count). The number of nitrogens with two attached hydrogens (primary N) is 1. The molecule has 1 aromatic rings. The van der Waals surface area contributed by atoms with Crippen LogP contribution in [0.3, 0.4) is 0 Å². The van der Waals surface area contributed by atoms with Gasteiger partial charge in [-0.3, -0.25) is 9.59 Å². The fourth-order valence-corrected chi connectivity index (χ4v) is 3.11. The minimum absolute atomic E-state index is 0.0552. The van der Waals surface area contributed by atoms with E-state index in [2.05, 4.69) is 5.32 Å². The van der Waals surface area contributed by atoms with Crippen LogP contribution in [-0.2, 0) is 9.53 Å². The molecule has 0 spiro atoms. The van der Waals surface area contributed by atoms with Gasteiger partial charge < -0.3 is 20.7 Å². The summed E-state index contributed by atoms with van der Waals surface area (Å²) in [6.45, 7) is 6.29. The van der Waals surface area contributed by atoms with E-state index < -0.39 is 11.9 Å². The third-order valence-electron chi connectivity index (χ3n) is 4.78. The van der Waals surface area contributed by atoms with Crippen molar-refractivity contribution in [2.75, 3.05) is 26.2 Å². The molecule has 2 amide bonds. The summed E-state index contributed by atoms with van der Waals surface area (Å²) in [4.78, 5) is 27.1. The molecule has 1 aliphatic rings. The third kappa shape index (κ3) is 6.29. The van der Waals surface area contributed by atoms with Gasteiger partial charge in [0.2, 0.25) is 5.91 Å². The number of halogens is 1. The molecule has 1 heterocycles. The van der Waals surface area contributed by atoms with Crippen LogP contribution in [0, 0.1) is 11.7 Å². The quantitative estimate of drug-likeness (QED) is 0.676. The second-order valence-electron chi connectivity index (χ2n) is 7.24. The lowest BCUT2D eigenvalue weighted by atomic mass is 10.00. The van der Waals surface area contributed by atoms with Crippen molar-refractivity contribution in [1.82, 2.24) is 10.2 Å². The Morgan fingerprint density at radius 2 is 1.89 bits per heavy atom.